The van der Waals surface area contributed by atoms with Crippen molar-refractivity contribution in [3.8, 4) is 0 Å². The van der Waals surface area contributed by atoms with Crippen LogP contribution in [0.2, 0.25) is 0 Å². The highest BCUT2D eigenvalue weighted by atomic mass is 16.1. The Hall–Kier alpha value is -1.57. The molecule has 0 unspecified atom stereocenters. The first-order valence-corrected chi connectivity index (χ1v) is 7.54. The number of amides is 1. The summed E-state index contributed by atoms with van der Waals surface area (Å²) in [5.41, 5.74) is 3.58. The van der Waals surface area contributed by atoms with Crippen LogP contribution in [0.3, 0.4) is 0 Å². The zero-order valence-electron chi connectivity index (χ0n) is 12.7. The summed E-state index contributed by atoms with van der Waals surface area (Å²) in [5, 5.41) is 2.98. The number of aryl methyl sites for hydroxylation is 1. The molecular formula is C18H25NO. The van der Waals surface area contributed by atoms with Crippen molar-refractivity contribution in [2.45, 2.75) is 51.4 Å². The second-order valence-corrected chi connectivity index (χ2v) is 6.14. The van der Waals surface area contributed by atoms with E-state index in [2.05, 4.69) is 43.1 Å². The Morgan fingerprint density at radius 1 is 1.25 bits per heavy atom. The molecule has 0 saturated heterocycles. The molecule has 0 spiro atoms. The number of nitrogens with one attached hydrogen (secondary N) is 1. The third kappa shape index (κ3) is 3.30. The normalized spacial score (nSPS) is 16.9. The molecule has 0 atom stereocenters. The molecule has 1 N–H and O–H groups in total. The highest BCUT2D eigenvalue weighted by Crippen LogP contribution is 2.43. The highest BCUT2D eigenvalue weighted by Gasteiger charge is 2.35. The Morgan fingerprint density at radius 3 is 2.40 bits per heavy atom. The number of hydrogen-bond acceptors (Lipinski definition) is 1. The van der Waals surface area contributed by atoms with E-state index in [0.29, 0.717) is 5.57 Å². The average Bonchev–Trinajstić information content (AvgIpc) is 2.89. The Labute approximate surface area is 122 Å². The standard InChI is InChI=1S/C18H25NO/c1-14(2)17(20)19-13-12-18(10-4-5-11-18)16-8-6-15(3)7-9-16/h6-9H,1,4-5,10-13H2,2-3H3,(H,19,20). The molecule has 0 aromatic heterocycles. The summed E-state index contributed by atoms with van der Waals surface area (Å²) in [6.45, 7) is 8.29. The molecule has 1 aromatic carbocycles. The fourth-order valence-corrected chi connectivity index (χ4v) is 3.21. The molecule has 108 valence electrons. The lowest BCUT2D eigenvalue weighted by atomic mass is 9.76. The molecule has 1 aliphatic rings. The summed E-state index contributed by atoms with van der Waals surface area (Å²) in [6.07, 6.45) is 6.08. The molecule has 0 heterocycles. The molecule has 0 radical (unpaired) electrons. The summed E-state index contributed by atoms with van der Waals surface area (Å²) in [4.78, 5) is 11.6. The van der Waals surface area contributed by atoms with E-state index in [-0.39, 0.29) is 11.3 Å². The second-order valence-electron chi connectivity index (χ2n) is 6.14. The van der Waals surface area contributed by atoms with Gasteiger partial charge in [-0.3, -0.25) is 4.79 Å². The zero-order chi connectivity index (χ0) is 14.6. The Kier molecular flexibility index (Phi) is 4.64. The van der Waals surface area contributed by atoms with Gasteiger partial charge in [-0.1, -0.05) is 49.2 Å². The van der Waals surface area contributed by atoms with Gasteiger partial charge in [-0.15, -0.1) is 0 Å². The summed E-state index contributed by atoms with van der Waals surface area (Å²) in [6, 6.07) is 8.92. The smallest absolute Gasteiger partial charge is 0.246 e. The van der Waals surface area contributed by atoms with Gasteiger partial charge >= 0.3 is 0 Å². The van der Waals surface area contributed by atoms with Gasteiger partial charge in [0.2, 0.25) is 5.91 Å². The fraction of sp³-hybridized carbons (Fsp3) is 0.500. The van der Waals surface area contributed by atoms with Gasteiger partial charge in [-0.25, -0.2) is 0 Å². The van der Waals surface area contributed by atoms with Crippen molar-refractivity contribution in [3.63, 3.8) is 0 Å². The fourth-order valence-electron chi connectivity index (χ4n) is 3.21. The molecule has 1 aliphatic carbocycles. The van der Waals surface area contributed by atoms with Gasteiger partial charge < -0.3 is 5.32 Å². The van der Waals surface area contributed by atoms with Crippen LogP contribution in [-0.2, 0) is 10.2 Å². The lowest BCUT2D eigenvalue weighted by molar-refractivity contribution is -0.117. The molecule has 1 amide bonds. The Morgan fingerprint density at radius 2 is 1.85 bits per heavy atom. The maximum Gasteiger partial charge on any atom is 0.246 e. The van der Waals surface area contributed by atoms with Gasteiger partial charge in [0.1, 0.15) is 0 Å². The lowest BCUT2D eigenvalue weighted by Crippen LogP contribution is -2.31. The van der Waals surface area contributed by atoms with Crippen molar-refractivity contribution >= 4 is 5.91 Å². The van der Waals surface area contributed by atoms with Crippen LogP contribution in [0.25, 0.3) is 0 Å². The van der Waals surface area contributed by atoms with Crippen LogP contribution in [0.4, 0.5) is 0 Å². The van der Waals surface area contributed by atoms with Crippen LogP contribution in [0.15, 0.2) is 36.4 Å². The molecule has 0 aliphatic heterocycles. The van der Waals surface area contributed by atoms with E-state index in [0.717, 1.165) is 13.0 Å². The van der Waals surface area contributed by atoms with E-state index < -0.39 is 0 Å². The quantitative estimate of drug-likeness (QED) is 0.809. The first-order chi connectivity index (χ1) is 9.53. The lowest BCUT2D eigenvalue weighted by Gasteiger charge is -2.30. The van der Waals surface area contributed by atoms with Gasteiger partial charge in [0.25, 0.3) is 0 Å². The van der Waals surface area contributed by atoms with Crippen molar-refractivity contribution in [2.24, 2.45) is 0 Å². The minimum Gasteiger partial charge on any atom is -0.352 e. The summed E-state index contributed by atoms with van der Waals surface area (Å²) < 4.78 is 0. The van der Waals surface area contributed by atoms with Crippen molar-refractivity contribution < 1.29 is 4.79 Å². The minimum atomic E-state index is -0.0259. The maximum atomic E-state index is 11.6. The average molecular weight is 271 g/mol. The van der Waals surface area contributed by atoms with Gasteiger partial charge in [0.15, 0.2) is 0 Å². The zero-order valence-corrected chi connectivity index (χ0v) is 12.7. The van der Waals surface area contributed by atoms with Gasteiger partial charge in [0, 0.05) is 12.1 Å². The largest absolute Gasteiger partial charge is 0.352 e. The number of hydrogen-bond donors (Lipinski definition) is 1. The third-order valence-corrected chi connectivity index (χ3v) is 4.50. The highest BCUT2D eigenvalue weighted by molar-refractivity contribution is 5.92. The van der Waals surface area contributed by atoms with E-state index in [9.17, 15) is 4.79 Å². The molecule has 1 fully saturated rings. The van der Waals surface area contributed by atoms with E-state index >= 15 is 0 Å². The Bertz CT molecular complexity index is 481. The topological polar surface area (TPSA) is 29.1 Å². The van der Waals surface area contributed by atoms with Crippen LogP contribution in [0.1, 0.15) is 50.2 Å². The molecule has 2 nitrogen and oxygen atoms in total. The van der Waals surface area contributed by atoms with E-state index in [1.54, 1.807) is 6.92 Å². The van der Waals surface area contributed by atoms with Crippen LogP contribution < -0.4 is 5.32 Å². The summed E-state index contributed by atoms with van der Waals surface area (Å²) in [5.74, 6) is -0.0259. The molecule has 2 rings (SSSR count). The number of carbonyl (C=O) groups is 1. The summed E-state index contributed by atoms with van der Waals surface area (Å²) >= 11 is 0. The van der Waals surface area contributed by atoms with Gasteiger partial charge in [-0.2, -0.15) is 0 Å². The number of rotatable bonds is 5. The molecule has 1 saturated carbocycles. The van der Waals surface area contributed by atoms with Crippen LogP contribution >= 0.6 is 0 Å². The maximum absolute atomic E-state index is 11.6. The van der Waals surface area contributed by atoms with Crippen molar-refractivity contribution in [3.05, 3.63) is 47.5 Å². The molecule has 2 heteroatoms. The van der Waals surface area contributed by atoms with Crippen molar-refractivity contribution in [1.82, 2.24) is 5.32 Å². The van der Waals surface area contributed by atoms with E-state index in [1.807, 2.05) is 0 Å². The van der Waals surface area contributed by atoms with Crippen LogP contribution in [0.5, 0.6) is 0 Å². The van der Waals surface area contributed by atoms with Crippen molar-refractivity contribution in [2.75, 3.05) is 6.54 Å². The first kappa shape index (κ1) is 14.8. The predicted octanol–water partition coefficient (Wildman–Crippen LogP) is 3.89. The number of carbonyl (C=O) groups excluding carboxylic acids is 1. The van der Waals surface area contributed by atoms with Gasteiger partial charge in [-0.05, 0) is 44.1 Å². The minimum absolute atomic E-state index is 0.0259. The molecular weight excluding hydrogens is 246 g/mol. The van der Waals surface area contributed by atoms with Crippen LogP contribution in [-0.4, -0.2) is 12.5 Å². The monoisotopic (exact) mass is 271 g/mol. The third-order valence-electron chi connectivity index (χ3n) is 4.50. The number of benzene rings is 1. The van der Waals surface area contributed by atoms with E-state index in [4.69, 9.17) is 0 Å². The Balaban J connectivity index is 2.04. The van der Waals surface area contributed by atoms with Crippen LogP contribution in [0, 0.1) is 6.92 Å². The molecule has 1 aromatic rings. The SMILES string of the molecule is C=C(C)C(=O)NCCC1(c2ccc(C)cc2)CCCC1. The molecule has 0 bridgehead atoms. The van der Waals surface area contributed by atoms with E-state index in [1.165, 1.54) is 36.8 Å². The second kappa shape index (κ2) is 6.25. The van der Waals surface area contributed by atoms with Crippen molar-refractivity contribution in [1.29, 1.82) is 0 Å². The summed E-state index contributed by atoms with van der Waals surface area (Å²) in [7, 11) is 0. The molecule has 20 heavy (non-hydrogen) atoms. The van der Waals surface area contributed by atoms with Gasteiger partial charge in [0.05, 0.1) is 0 Å². The first-order valence-electron chi connectivity index (χ1n) is 7.54. The predicted molar refractivity (Wildman–Crippen MR) is 83.8 cm³/mol.